The second-order valence-electron chi connectivity index (χ2n) is 7.09. The number of halogens is 2. The van der Waals surface area contributed by atoms with Crippen molar-refractivity contribution < 1.29 is 14.3 Å². The molecule has 1 saturated heterocycles. The first-order valence-corrected chi connectivity index (χ1v) is 10.2. The average Bonchev–Trinajstić information content (AvgIpc) is 2.69. The highest BCUT2D eigenvalue weighted by atomic mass is 35.5. The molecule has 0 spiro atoms. The molecule has 2 heterocycles. The molecular formula is C21H23Cl2N3O3. The number of carbonyl (C=O) groups excluding carboxylic acids is 2. The minimum Gasteiger partial charge on any atom is -0.479 e. The number of amides is 2. The van der Waals surface area contributed by atoms with Crippen LogP contribution in [0, 0.1) is 12.8 Å². The third kappa shape index (κ3) is 5.61. The summed E-state index contributed by atoms with van der Waals surface area (Å²) >= 11 is 12.0. The van der Waals surface area contributed by atoms with Crippen molar-refractivity contribution >= 4 is 40.8 Å². The first-order valence-electron chi connectivity index (χ1n) is 9.48. The lowest BCUT2D eigenvalue weighted by molar-refractivity contribution is -0.140. The van der Waals surface area contributed by atoms with Gasteiger partial charge in [0, 0.05) is 29.7 Å². The highest BCUT2D eigenvalue weighted by molar-refractivity contribution is 6.35. The predicted octanol–water partition coefficient (Wildman–Crippen LogP) is 4.34. The molecule has 0 bridgehead atoms. The van der Waals surface area contributed by atoms with Gasteiger partial charge in [0.25, 0.3) is 5.91 Å². The molecule has 0 saturated carbocycles. The van der Waals surface area contributed by atoms with Gasteiger partial charge in [0.2, 0.25) is 5.91 Å². The van der Waals surface area contributed by atoms with Crippen LogP contribution in [-0.4, -0.2) is 40.9 Å². The van der Waals surface area contributed by atoms with Gasteiger partial charge < -0.3 is 15.0 Å². The molecule has 1 aromatic heterocycles. The van der Waals surface area contributed by atoms with Crippen LogP contribution in [0.2, 0.25) is 10.0 Å². The molecule has 154 valence electrons. The van der Waals surface area contributed by atoms with Crippen molar-refractivity contribution in [2.45, 2.75) is 32.8 Å². The standard InChI is InChI=1S/C21H23Cl2N3O3/c1-13-4-3-5-19(24-13)25-20(27)15-8-10-26(11-9-15)21(28)14(2)29-18-7-6-16(22)12-17(18)23/h3-7,12,14-15H,8-11H2,1-2H3,(H,24,25,27). The lowest BCUT2D eigenvalue weighted by Gasteiger charge is -2.33. The Kier molecular flexibility index (Phi) is 6.98. The number of rotatable bonds is 5. The summed E-state index contributed by atoms with van der Waals surface area (Å²) in [6.07, 6.45) is 0.505. The Morgan fingerprint density at radius 3 is 2.59 bits per heavy atom. The van der Waals surface area contributed by atoms with Gasteiger partial charge in [-0.3, -0.25) is 9.59 Å². The minimum atomic E-state index is -0.685. The Balaban J connectivity index is 1.51. The molecule has 1 unspecified atom stereocenters. The van der Waals surface area contributed by atoms with E-state index in [0.29, 0.717) is 47.5 Å². The quantitative estimate of drug-likeness (QED) is 0.757. The highest BCUT2D eigenvalue weighted by Crippen LogP contribution is 2.29. The summed E-state index contributed by atoms with van der Waals surface area (Å²) in [7, 11) is 0. The fourth-order valence-electron chi connectivity index (χ4n) is 3.27. The number of aromatic nitrogens is 1. The lowest BCUT2D eigenvalue weighted by atomic mass is 9.95. The third-order valence-corrected chi connectivity index (χ3v) is 5.39. The number of hydrogen-bond donors (Lipinski definition) is 1. The van der Waals surface area contributed by atoms with Crippen molar-refractivity contribution in [1.29, 1.82) is 0 Å². The number of hydrogen-bond acceptors (Lipinski definition) is 4. The number of likely N-dealkylation sites (tertiary alicyclic amines) is 1. The smallest absolute Gasteiger partial charge is 0.263 e. The molecule has 1 aliphatic rings. The van der Waals surface area contributed by atoms with Gasteiger partial charge in [-0.05, 0) is 57.0 Å². The molecule has 0 radical (unpaired) electrons. The number of nitrogens with zero attached hydrogens (tertiary/aromatic N) is 2. The maximum Gasteiger partial charge on any atom is 0.263 e. The Labute approximate surface area is 180 Å². The van der Waals surface area contributed by atoms with Gasteiger partial charge in [0.1, 0.15) is 11.6 Å². The van der Waals surface area contributed by atoms with E-state index < -0.39 is 6.10 Å². The molecule has 1 aliphatic heterocycles. The Hall–Kier alpha value is -2.31. The Morgan fingerprint density at radius 2 is 1.93 bits per heavy atom. The number of piperidine rings is 1. The molecule has 1 fully saturated rings. The zero-order valence-electron chi connectivity index (χ0n) is 16.3. The normalized spacial score (nSPS) is 15.7. The number of carbonyl (C=O) groups is 2. The van der Waals surface area contributed by atoms with Crippen LogP contribution in [0.25, 0.3) is 0 Å². The molecule has 0 aliphatic carbocycles. The van der Waals surface area contributed by atoms with Gasteiger partial charge in [-0.15, -0.1) is 0 Å². The molecule has 2 aromatic rings. The maximum atomic E-state index is 12.7. The lowest BCUT2D eigenvalue weighted by Crippen LogP contribution is -2.46. The summed E-state index contributed by atoms with van der Waals surface area (Å²) in [5.74, 6) is 0.623. The summed E-state index contributed by atoms with van der Waals surface area (Å²) in [6, 6.07) is 10.4. The van der Waals surface area contributed by atoms with Crippen LogP contribution in [0.4, 0.5) is 5.82 Å². The molecular weight excluding hydrogens is 413 g/mol. The van der Waals surface area contributed by atoms with Crippen molar-refractivity contribution in [2.75, 3.05) is 18.4 Å². The van der Waals surface area contributed by atoms with Crippen LogP contribution in [0.1, 0.15) is 25.5 Å². The monoisotopic (exact) mass is 435 g/mol. The van der Waals surface area contributed by atoms with Crippen LogP contribution in [0.15, 0.2) is 36.4 Å². The van der Waals surface area contributed by atoms with E-state index in [2.05, 4.69) is 10.3 Å². The number of nitrogens with one attached hydrogen (secondary N) is 1. The second-order valence-corrected chi connectivity index (χ2v) is 7.93. The SMILES string of the molecule is Cc1cccc(NC(=O)C2CCN(C(=O)C(C)Oc3ccc(Cl)cc3Cl)CC2)n1. The molecule has 29 heavy (non-hydrogen) atoms. The number of aryl methyl sites for hydroxylation is 1. The Morgan fingerprint density at radius 1 is 1.21 bits per heavy atom. The number of anilines is 1. The van der Waals surface area contributed by atoms with Crippen molar-refractivity contribution in [1.82, 2.24) is 9.88 Å². The highest BCUT2D eigenvalue weighted by Gasteiger charge is 2.30. The molecule has 6 nitrogen and oxygen atoms in total. The minimum absolute atomic E-state index is 0.0626. The summed E-state index contributed by atoms with van der Waals surface area (Å²) in [4.78, 5) is 31.2. The van der Waals surface area contributed by atoms with Gasteiger partial charge in [-0.25, -0.2) is 4.98 Å². The van der Waals surface area contributed by atoms with Gasteiger partial charge in [-0.1, -0.05) is 29.3 Å². The largest absolute Gasteiger partial charge is 0.479 e. The first kappa shape index (κ1) is 21.4. The topological polar surface area (TPSA) is 71.5 Å². The van der Waals surface area contributed by atoms with Crippen LogP contribution in [0.5, 0.6) is 5.75 Å². The summed E-state index contributed by atoms with van der Waals surface area (Å²) < 4.78 is 5.71. The summed E-state index contributed by atoms with van der Waals surface area (Å²) in [6.45, 7) is 4.57. The van der Waals surface area contributed by atoms with Crippen LogP contribution >= 0.6 is 23.2 Å². The molecule has 1 N–H and O–H groups in total. The average molecular weight is 436 g/mol. The number of benzene rings is 1. The van der Waals surface area contributed by atoms with Crippen molar-refractivity contribution in [3.8, 4) is 5.75 Å². The summed E-state index contributed by atoms with van der Waals surface area (Å²) in [5, 5.41) is 3.72. The zero-order valence-corrected chi connectivity index (χ0v) is 17.8. The van der Waals surface area contributed by atoms with Crippen LogP contribution in [-0.2, 0) is 9.59 Å². The second kappa shape index (κ2) is 9.46. The van der Waals surface area contributed by atoms with E-state index in [1.807, 2.05) is 19.1 Å². The van der Waals surface area contributed by atoms with E-state index in [1.165, 1.54) is 0 Å². The van der Waals surface area contributed by atoms with Crippen LogP contribution in [0.3, 0.4) is 0 Å². The molecule has 1 aromatic carbocycles. The van der Waals surface area contributed by atoms with E-state index in [-0.39, 0.29) is 17.7 Å². The van der Waals surface area contributed by atoms with Crippen molar-refractivity contribution in [3.05, 3.63) is 52.1 Å². The zero-order chi connectivity index (χ0) is 21.0. The van der Waals surface area contributed by atoms with E-state index in [0.717, 1.165) is 5.69 Å². The molecule has 1 atom stereocenters. The fraction of sp³-hybridized carbons (Fsp3) is 0.381. The van der Waals surface area contributed by atoms with Gasteiger partial charge in [0.15, 0.2) is 6.10 Å². The van der Waals surface area contributed by atoms with Gasteiger partial charge in [0.05, 0.1) is 5.02 Å². The number of ether oxygens (including phenoxy) is 1. The molecule has 2 amide bonds. The third-order valence-electron chi connectivity index (χ3n) is 4.86. The number of pyridine rings is 1. The summed E-state index contributed by atoms with van der Waals surface area (Å²) in [5.41, 5.74) is 0.845. The molecule has 8 heteroatoms. The van der Waals surface area contributed by atoms with Gasteiger partial charge in [-0.2, -0.15) is 0 Å². The van der Waals surface area contributed by atoms with Crippen LogP contribution < -0.4 is 10.1 Å². The maximum absolute atomic E-state index is 12.7. The van der Waals surface area contributed by atoms with E-state index in [9.17, 15) is 9.59 Å². The van der Waals surface area contributed by atoms with Gasteiger partial charge >= 0.3 is 0 Å². The Bertz CT molecular complexity index is 898. The van der Waals surface area contributed by atoms with Crippen molar-refractivity contribution in [2.24, 2.45) is 5.92 Å². The predicted molar refractivity (Wildman–Crippen MR) is 113 cm³/mol. The van der Waals surface area contributed by atoms with E-state index in [1.54, 1.807) is 36.1 Å². The van der Waals surface area contributed by atoms with Crippen molar-refractivity contribution in [3.63, 3.8) is 0 Å². The fourth-order valence-corrected chi connectivity index (χ4v) is 3.72. The van der Waals surface area contributed by atoms with E-state index >= 15 is 0 Å². The molecule has 3 rings (SSSR count). The first-order chi connectivity index (χ1) is 13.8. The van der Waals surface area contributed by atoms with E-state index in [4.69, 9.17) is 27.9 Å².